The van der Waals surface area contributed by atoms with Gasteiger partial charge in [0.2, 0.25) is 0 Å². The number of rotatable bonds is 2. The van der Waals surface area contributed by atoms with E-state index >= 15 is 0 Å². The Bertz CT molecular complexity index is 572. The molecule has 6 heteroatoms. The van der Waals surface area contributed by atoms with Crippen molar-refractivity contribution < 1.29 is 19.8 Å². The number of amides is 1. The summed E-state index contributed by atoms with van der Waals surface area (Å²) < 4.78 is 0. The van der Waals surface area contributed by atoms with Crippen LogP contribution in [0.4, 0.5) is 0 Å². The Balaban J connectivity index is 1.86. The van der Waals surface area contributed by atoms with E-state index in [2.05, 4.69) is 5.32 Å². The molecule has 0 radical (unpaired) electrons. The molecule has 3 rings (SSSR count). The van der Waals surface area contributed by atoms with Crippen LogP contribution in [0.25, 0.3) is 0 Å². The molecular formula is C14H16N2O4. The number of carbonyl (C=O) groups is 2. The average molecular weight is 276 g/mol. The first-order valence-corrected chi connectivity index (χ1v) is 6.60. The molecule has 2 aliphatic rings. The number of carbonyl (C=O) groups excluding carboxylic acids is 1. The van der Waals surface area contributed by atoms with Crippen molar-refractivity contribution in [2.75, 3.05) is 6.54 Å². The maximum atomic E-state index is 12.4. The molecule has 0 saturated carbocycles. The van der Waals surface area contributed by atoms with Gasteiger partial charge in [0.05, 0.1) is 6.10 Å². The first kappa shape index (κ1) is 13.1. The Morgan fingerprint density at radius 2 is 2.00 bits per heavy atom. The second-order valence-corrected chi connectivity index (χ2v) is 5.29. The average Bonchev–Trinajstić information content (AvgIpc) is 3.02. The maximum Gasteiger partial charge on any atom is 0.326 e. The van der Waals surface area contributed by atoms with E-state index in [1.807, 2.05) is 6.07 Å². The number of hydrogen-bond acceptors (Lipinski definition) is 4. The van der Waals surface area contributed by atoms with Crippen molar-refractivity contribution in [2.24, 2.45) is 0 Å². The van der Waals surface area contributed by atoms with Gasteiger partial charge in [-0.3, -0.25) is 4.79 Å². The lowest BCUT2D eigenvalue weighted by molar-refractivity contribution is -0.141. The topological polar surface area (TPSA) is 89.9 Å². The van der Waals surface area contributed by atoms with Crippen LogP contribution in [0.5, 0.6) is 0 Å². The van der Waals surface area contributed by atoms with Gasteiger partial charge < -0.3 is 20.4 Å². The highest BCUT2D eigenvalue weighted by Gasteiger charge is 2.39. The zero-order chi connectivity index (χ0) is 14.3. The number of likely N-dealkylation sites (tertiary alicyclic amines) is 1. The lowest BCUT2D eigenvalue weighted by Crippen LogP contribution is -2.40. The predicted molar refractivity (Wildman–Crippen MR) is 70.1 cm³/mol. The maximum absolute atomic E-state index is 12.4. The Morgan fingerprint density at radius 1 is 1.25 bits per heavy atom. The van der Waals surface area contributed by atoms with E-state index in [-0.39, 0.29) is 18.9 Å². The molecule has 3 N–H and O–H groups in total. The van der Waals surface area contributed by atoms with Crippen LogP contribution in [-0.4, -0.2) is 45.7 Å². The van der Waals surface area contributed by atoms with Crippen LogP contribution in [-0.2, 0) is 17.9 Å². The molecule has 1 aromatic carbocycles. The van der Waals surface area contributed by atoms with Gasteiger partial charge in [-0.15, -0.1) is 0 Å². The lowest BCUT2D eigenvalue weighted by Gasteiger charge is -2.21. The number of aliphatic hydroxyl groups excluding tert-OH is 1. The summed E-state index contributed by atoms with van der Waals surface area (Å²) in [5, 5.41) is 21.9. The van der Waals surface area contributed by atoms with Gasteiger partial charge in [0.25, 0.3) is 5.91 Å². The van der Waals surface area contributed by atoms with Gasteiger partial charge in [0, 0.05) is 31.6 Å². The Kier molecular flexibility index (Phi) is 3.19. The van der Waals surface area contributed by atoms with Crippen LogP contribution in [0.1, 0.15) is 27.9 Å². The van der Waals surface area contributed by atoms with E-state index in [1.165, 1.54) is 4.90 Å². The zero-order valence-corrected chi connectivity index (χ0v) is 10.9. The highest BCUT2D eigenvalue weighted by Crippen LogP contribution is 2.23. The van der Waals surface area contributed by atoms with E-state index in [1.54, 1.807) is 12.1 Å². The molecule has 2 atom stereocenters. The van der Waals surface area contributed by atoms with Gasteiger partial charge in [0.1, 0.15) is 6.04 Å². The number of benzene rings is 1. The monoisotopic (exact) mass is 276 g/mol. The van der Waals surface area contributed by atoms with Crippen LogP contribution in [0.2, 0.25) is 0 Å². The van der Waals surface area contributed by atoms with Crippen LogP contribution in [0, 0.1) is 0 Å². The highest BCUT2D eigenvalue weighted by molar-refractivity contribution is 5.97. The fourth-order valence-corrected chi connectivity index (χ4v) is 2.87. The molecule has 0 spiro atoms. The van der Waals surface area contributed by atoms with E-state index in [0.29, 0.717) is 5.56 Å². The minimum atomic E-state index is -1.07. The fourth-order valence-electron chi connectivity index (χ4n) is 2.87. The van der Waals surface area contributed by atoms with Gasteiger partial charge in [-0.1, -0.05) is 6.07 Å². The second kappa shape index (κ2) is 4.88. The number of fused-ring (bicyclic) bond motifs is 1. The number of carboxylic acid groups (broad SMARTS) is 1. The lowest BCUT2D eigenvalue weighted by atomic mass is 10.1. The molecule has 1 amide bonds. The minimum absolute atomic E-state index is 0.0745. The SMILES string of the molecule is O=C(O)[C@H]1C[C@@H](O)CN1C(=O)c1ccc2c(c1)CNC2. The summed E-state index contributed by atoms with van der Waals surface area (Å²) in [4.78, 5) is 24.9. The quantitative estimate of drug-likeness (QED) is 0.704. The standard InChI is InChI=1S/C14H16N2O4/c17-11-4-12(14(19)20)16(7-11)13(18)8-1-2-9-5-15-6-10(9)3-8/h1-3,11-12,15,17H,4-7H2,(H,19,20)/t11-,12-/m1/s1. The normalized spacial score (nSPS) is 24.8. The summed E-state index contributed by atoms with van der Waals surface area (Å²) in [5.41, 5.74) is 2.72. The molecule has 1 saturated heterocycles. The van der Waals surface area contributed by atoms with Gasteiger partial charge >= 0.3 is 5.97 Å². The number of β-amino-alcohol motifs (C(OH)–C–C–N with tert-alkyl or cyclic N) is 1. The highest BCUT2D eigenvalue weighted by atomic mass is 16.4. The molecule has 20 heavy (non-hydrogen) atoms. The number of hydrogen-bond donors (Lipinski definition) is 3. The molecule has 0 aromatic heterocycles. The van der Waals surface area contributed by atoms with Gasteiger partial charge in [-0.05, 0) is 23.3 Å². The Morgan fingerprint density at radius 3 is 2.75 bits per heavy atom. The summed E-state index contributed by atoms with van der Waals surface area (Å²) in [6, 6.07) is 4.48. The summed E-state index contributed by atoms with van der Waals surface area (Å²) in [7, 11) is 0. The van der Waals surface area contributed by atoms with Crippen molar-refractivity contribution in [3.8, 4) is 0 Å². The molecule has 0 bridgehead atoms. The van der Waals surface area contributed by atoms with E-state index < -0.39 is 18.1 Å². The van der Waals surface area contributed by atoms with Crippen molar-refractivity contribution >= 4 is 11.9 Å². The molecule has 6 nitrogen and oxygen atoms in total. The molecule has 2 heterocycles. The minimum Gasteiger partial charge on any atom is -0.480 e. The van der Waals surface area contributed by atoms with Crippen LogP contribution < -0.4 is 5.32 Å². The van der Waals surface area contributed by atoms with Crippen molar-refractivity contribution in [1.29, 1.82) is 0 Å². The summed E-state index contributed by atoms with van der Waals surface area (Å²) in [5.74, 6) is -1.40. The van der Waals surface area contributed by atoms with Crippen molar-refractivity contribution in [1.82, 2.24) is 10.2 Å². The Labute approximate surface area is 116 Å². The van der Waals surface area contributed by atoms with Crippen LogP contribution in [0.15, 0.2) is 18.2 Å². The summed E-state index contributed by atoms with van der Waals surface area (Å²) in [6.07, 6.45) is -0.677. The number of nitrogens with one attached hydrogen (secondary N) is 1. The largest absolute Gasteiger partial charge is 0.480 e. The van der Waals surface area contributed by atoms with E-state index in [4.69, 9.17) is 5.11 Å². The predicted octanol–water partition coefficient (Wildman–Crippen LogP) is -0.0502. The third kappa shape index (κ3) is 2.17. The summed E-state index contributed by atoms with van der Waals surface area (Å²) >= 11 is 0. The molecule has 0 unspecified atom stereocenters. The summed E-state index contributed by atoms with van der Waals surface area (Å²) in [6.45, 7) is 1.59. The number of aliphatic hydroxyl groups is 1. The van der Waals surface area contributed by atoms with Gasteiger partial charge in [0.15, 0.2) is 0 Å². The van der Waals surface area contributed by atoms with Crippen LogP contribution >= 0.6 is 0 Å². The third-order valence-corrected chi connectivity index (χ3v) is 3.91. The van der Waals surface area contributed by atoms with E-state index in [0.717, 1.165) is 24.2 Å². The zero-order valence-electron chi connectivity index (χ0n) is 10.9. The molecular weight excluding hydrogens is 260 g/mol. The molecule has 1 aromatic rings. The smallest absolute Gasteiger partial charge is 0.326 e. The third-order valence-electron chi connectivity index (χ3n) is 3.91. The first-order chi connectivity index (χ1) is 9.56. The van der Waals surface area contributed by atoms with E-state index in [9.17, 15) is 14.7 Å². The van der Waals surface area contributed by atoms with Crippen molar-refractivity contribution in [2.45, 2.75) is 31.7 Å². The first-order valence-electron chi connectivity index (χ1n) is 6.60. The Hall–Kier alpha value is -1.92. The molecule has 2 aliphatic heterocycles. The van der Waals surface area contributed by atoms with Gasteiger partial charge in [-0.2, -0.15) is 0 Å². The molecule has 1 fully saturated rings. The number of aliphatic carboxylic acids is 1. The van der Waals surface area contributed by atoms with Crippen molar-refractivity contribution in [3.63, 3.8) is 0 Å². The fraction of sp³-hybridized carbons (Fsp3) is 0.429. The van der Waals surface area contributed by atoms with Crippen molar-refractivity contribution in [3.05, 3.63) is 34.9 Å². The number of carboxylic acids is 1. The molecule has 0 aliphatic carbocycles. The van der Waals surface area contributed by atoms with Gasteiger partial charge in [-0.25, -0.2) is 4.79 Å². The molecule has 106 valence electrons. The number of nitrogens with zero attached hydrogens (tertiary/aromatic N) is 1. The second-order valence-electron chi connectivity index (χ2n) is 5.29. The van der Waals surface area contributed by atoms with Crippen LogP contribution in [0.3, 0.4) is 0 Å².